The summed E-state index contributed by atoms with van der Waals surface area (Å²) in [5, 5.41) is 28.5. The highest BCUT2D eigenvalue weighted by Gasteiger charge is 2.43. The highest BCUT2D eigenvalue weighted by Crippen LogP contribution is 2.51. The van der Waals surface area contributed by atoms with E-state index >= 15 is 0 Å². The van der Waals surface area contributed by atoms with Gasteiger partial charge in [-0.25, -0.2) is 9.18 Å². The molecule has 1 saturated carbocycles. The Bertz CT molecular complexity index is 1410. The number of benzene rings is 3. The molecule has 0 atom stereocenters. The lowest BCUT2D eigenvalue weighted by Crippen LogP contribution is -2.40. The van der Waals surface area contributed by atoms with Crippen LogP contribution in [0.2, 0.25) is 0 Å². The molecule has 0 radical (unpaired) electrons. The molecule has 7 heteroatoms. The summed E-state index contributed by atoms with van der Waals surface area (Å²) in [5.74, 6) is -1.36. The highest BCUT2D eigenvalue weighted by atomic mass is 19.1. The zero-order valence-corrected chi connectivity index (χ0v) is 20.4. The maximum absolute atomic E-state index is 13.8. The number of fused-ring (bicyclic) bond motifs is 1. The summed E-state index contributed by atoms with van der Waals surface area (Å²) in [6.45, 7) is 3.94. The predicted molar refractivity (Wildman–Crippen MR) is 142 cm³/mol. The number of aromatic nitrogens is 1. The van der Waals surface area contributed by atoms with Crippen molar-refractivity contribution in [1.29, 1.82) is 5.41 Å². The van der Waals surface area contributed by atoms with Crippen LogP contribution in [0.4, 0.5) is 10.1 Å². The molecular weight excluding hydrogens is 457 g/mol. The summed E-state index contributed by atoms with van der Waals surface area (Å²) in [7, 11) is 0. The Hall–Kier alpha value is -3.97. The number of aliphatic hydroxyl groups excluding tert-OH is 1. The molecule has 0 aliphatic heterocycles. The van der Waals surface area contributed by atoms with Gasteiger partial charge in [-0.3, -0.25) is 0 Å². The molecule has 0 amide bonds. The number of nitrogens with zero attached hydrogens (tertiary/aromatic N) is 1. The Morgan fingerprint density at radius 1 is 1.11 bits per heavy atom. The average molecular weight is 488 g/mol. The van der Waals surface area contributed by atoms with Crippen LogP contribution in [0, 0.1) is 11.2 Å². The number of aromatic carboxylic acids is 1. The van der Waals surface area contributed by atoms with Crippen molar-refractivity contribution in [2.45, 2.75) is 38.5 Å². The second-order valence-electron chi connectivity index (χ2n) is 8.85. The van der Waals surface area contributed by atoms with E-state index in [1.165, 1.54) is 18.3 Å². The van der Waals surface area contributed by atoms with Crippen molar-refractivity contribution in [1.82, 2.24) is 4.57 Å². The SMILES string of the molecule is CC.N=Cc1cc2c(cc1N)c(-c1ccc(C(=O)O)cc1)c(C1(CO)CCC1)n2-c1ccc(F)cc1. The Morgan fingerprint density at radius 2 is 1.75 bits per heavy atom. The summed E-state index contributed by atoms with van der Waals surface area (Å²) in [5.41, 5.74) is 11.0. The quantitative estimate of drug-likeness (QED) is 0.193. The predicted octanol–water partition coefficient (Wildman–Crippen LogP) is 6.15. The van der Waals surface area contributed by atoms with E-state index in [4.69, 9.17) is 11.1 Å². The molecule has 6 nitrogen and oxygen atoms in total. The van der Waals surface area contributed by atoms with Crippen LogP contribution in [0.15, 0.2) is 60.7 Å². The average Bonchev–Trinajstić information content (AvgIpc) is 3.19. The molecule has 5 N–H and O–H groups in total. The van der Waals surface area contributed by atoms with Crippen LogP contribution in [0.25, 0.3) is 27.7 Å². The van der Waals surface area contributed by atoms with Crippen molar-refractivity contribution in [2.75, 3.05) is 12.3 Å². The number of carboxylic acids is 1. The van der Waals surface area contributed by atoms with Gasteiger partial charge in [0.05, 0.1) is 17.7 Å². The van der Waals surface area contributed by atoms with Gasteiger partial charge in [0.15, 0.2) is 0 Å². The van der Waals surface area contributed by atoms with Crippen molar-refractivity contribution in [3.05, 3.63) is 83.3 Å². The van der Waals surface area contributed by atoms with Crippen molar-refractivity contribution < 1.29 is 19.4 Å². The molecule has 0 unspecified atom stereocenters. The van der Waals surface area contributed by atoms with Crippen LogP contribution in [0.3, 0.4) is 0 Å². The van der Waals surface area contributed by atoms with Crippen molar-refractivity contribution in [2.24, 2.45) is 0 Å². The minimum absolute atomic E-state index is 0.0579. The van der Waals surface area contributed by atoms with Crippen molar-refractivity contribution >= 4 is 28.8 Å². The fourth-order valence-electron chi connectivity index (χ4n) is 5.00. The molecule has 1 aliphatic carbocycles. The number of hydrogen-bond donors (Lipinski definition) is 4. The van der Waals surface area contributed by atoms with Crippen LogP contribution in [-0.4, -0.2) is 33.6 Å². The topological polar surface area (TPSA) is 112 Å². The lowest BCUT2D eigenvalue weighted by Gasteiger charge is -2.42. The lowest BCUT2D eigenvalue weighted by atomic mass is 9.65. The van der Waals surface area contributed by atoms with Gasteiger partial charge < -0.3 is 25.9 Å². The maximum Gasteiger partial charge on any atom is 0.335 e. The molecule has 1 aromatic heterocycles. The third-order valence-electron chi connectivity index (χ3n) is 6.95. The second kappa shape index (κ2) is 9.95. The number of nitrogens with two attached hydrogens (primary N) is 1. The Labute approximate surface area is 209 Å². The number of rotatable bonds is 6. The Kier molecular flexibility index (Phi) is 6.95. The molecule has 5 rings (SSSR count). The highest BCUT2D eigenvalue weighted by molar-refractivity contribution is 6.05. The summed E-state index contributed by atoms with van der Waals surface area (Å²) in [4.78, 5) is 11.4. The van der Waals surface area contributed by atoms with Gasteiger partial charge in [-0.1, -0.05) is 32.4 Å². The monoisotopic (exact) mass is 487 g/mol. The number of nitrogens with one attached hydrogen (secondary N) is 1. The van der Waals surface area contributed by atoms with Gasteiger partial charge in [-0.15, -0.1) is 0 Å². The third-order valence-corrected chi connectivity index (χ3v) is 6.95. The third kappa shape index (κ3) is 4.05. The minimum atomic E-state index is -1.01. The molecule has 1 heterocycles. The first-order valence-corrected chi connectivity index (χ1v) is 12.1. The van der Waals surface area contributed by atoms with E-state index in [-0.39, 0.29) is 18.0 Å². The van der Waals surface area contributed by atoms with Gasteiger partial charge >= 0.3 is 5.97 Å². The zero-order valence-electron chi connectivity index (χ0n) is 20.4. The molecular formula is C29H30FN3O3. The summed E-state index contributed by atoms with van der Waals surface area (Å²) in [6, 6.07) is 16.5. The molecule has 186 valence electrons. The molecule has 1 fully saturated rings. The van der Waals surface area contributed by atoms with Crippen LogP contribution in [0.5, 0.6) is 0 Å². The zero-order chi connectivity index (χ0) is 26.0. The summed E-state index contributed by atoms with van der Waals surface area (Å²) < 4.78 is 15.8. The normalized spacial score (nSPS) is 14.0. The number of anilines is 1. The molecule has 3 aromatic carbocycles. The largest absolute Gasteiger partial charge is 0.478 e. The number of hydrogen-bond acceptors (Lipinski definition) is 4. The van der Waals surface area contributed by atoms with E-state index in [1.807, 2.05) is 30.5 Å². The summed E-state index contributed by atoms with van der Waals surface area (Å²) in [6.07, 6.45) is 3.74. The fourth-order valence-corrected chi connectivity index (χ4v) is 5.00. The van der Waals surface area contributed by atoms with E-state index in [0.29, 0.717) is 11.3 Å². The van der Waals surface area contributed by atoms with Crippen molar-refractivity contribution in [3.63, 3.8) is 0 Å². The molecule has 0 spiro atoms. The van der Waals surface area contributed by atoms with Crippen LogP contribution < -0.4 is 5.73 Å². The molecule has 1 aliphatic rings. The first-order valence-electron chi connectivity index (χ1n) is 12.1. The van der Waals surface area contributed by atoms with Gasteiger partial charge in [0.2, 0.25) is 0 Å². The van der Waals surface area contributed by atoms with E-state index in [1.54, 1.807) is 36.4 Å². The number of nitrogen functional groups attached to an aromatic ring is 1. The molecule has 0 saturated heterocycles. The molecule has 0 bridgehead atoms. The first-order chi connectivity index (χ1) is 17.4. The molecule has 36 heavy (non-hydrogen) atoms. The van der Waals surface area contributed by atoms with E-state index in [2.05, 4.69) is 0 Å². The second-order valence-corrected chi connectivity index (χ2v) is 8.85. The van der Waals surface area contributed by atoms with Crippen LogP contribution >= 0.6 is 0 Å². The van der Waals surface area contributed by atoms with E-state index in [9.17, 15) is 19.4 Å². The van der Waals surface area contributed by atoms with Gasteiger partial charge in [0.1, 0.15) is 5.82 Å². The number of carbonyl (C=O) groups is 1. The number of halogens is 1. The Balaban J connectivity index is 0.00000148. The standard InChI is InChI=1S/C27H24FN3O3.C2H6/c28-19-6-8-20(9-7-19)31-23-12-18(14-29)22(30)13-21(23)24(25(31)27(15-32)10-1-11-27)16-2-4-17(5-3-16)26(33)34;1-2/h2-9,12-14,29,32H,1,10-11,15,30H2,(H,33,34);1-2H3. The van der Waals surface area contributed by atoms with Gasteiger partial charge in [-0.2, -0.15) is 0 Å². The van der Waals surface area contributed by atoms with Gasteiger partial charge in [0, 0.05) is 45.2 Å². The number of carboxylic acid groups (broad SMARTS) is 1. The smallest absolute Gasteiger partial charge is 0.335 e. The molecule has 4 aromatic rings. The first kappa shape index (κ1) is 25.1. The van der Waals surface area contributed by atoms with Crippen LogP contribution in [-0.2, 0) is 5.41 Å². The van der Waals surface area contributed by atoms with E-state index < -0.39 is 11.4 Å². The van der Waals surface area contributed by atoms with Crippen LogP contribution in [0.1, 0.15) is 54.7 Å². The fraction of sp³-hybridized carbons (Fsp3) is 0.241. The summed E-state index contributed by atoms with van der Waals surface area (Å²) >= 11 is 0. The Morgan fingerprint density at radius 3 is 2.25 bits per heavy atom. The van der Waals surface area contributed by atoms with Gasteiger partial charge in [-0.05, 0) is 66.9 Å². The lowest BCUT2D eigenvalue weighted by molar-refractivity contribution is 0.0697. The minimum Gasteiger partial charge on any atom is -0.478 e. The van der Waals surface area contributed by atoms with E-state index in [0.717, 1.165) is 52.7 Å². The number of aliphatic hydroxyl groups is 1. The van der Waals surface area contributed by atoms with Gasteiger partial charge in [0.25, 0.3) is 0 Å². The van der Waals surface area contributed by atoms with Crippen molar-refractivity contribution in [3.8, 4) is 16.8 Å². The maximum atomic E-state index is 13.8.